The van der Waals surface area contributed by atoms with Gasteiger partial charge in [-0.3, -0.25) is 9.78 Å². The van der Waals surface area contributed by atoms with Crippen LogP contribution in [0.15, 0.2) is 35.7 Å². The topological polar surface area (TPSA) is 185 Å². The molecule has 7 rings (SSSR count). The molecule has 4 aromatic rings. The Labute approximate surface area is 236 Å². The maximum atomic E-state index is 13.1. The van der Waals surface area contributed by atoms with Crippen LogP contribution in [0.25, 0.3) is 16.8 Å². The van der Waals surface area contributed by atoms with Crippen LogP contribution in [-0.4, -0.2) is 77.4 Å². The molecule has 1 amide bonds. The Balaban J connectivity index is 1.28. The van der Waals surface area contributed by atoms with Crippen molar-refractivity contribution in [2.24, 2.45) is 0 Å². The van der Waals surface area contributed by atoms with Crippen LogP contribution in [0.1, 0.15) is 79.3 Å². The number of aliphatic hydroxyl groups is 1. The number of aromatic amines is 1. The number of hydrogen-bond acceptors (Lipinski definition) is 10. The summed E-state index contributed by atoms with van der Waals surface area (Å²) in [6.07, 6.45) is 11.9. The third-order valence-corrected chi connectivity index (χ3v) is 10.1. The fourth-order valence-electron chi connectivity index (χ4n) is 7.09. The van der Waals surface area contributed by atoms with Gasteiger partial charge in [-0.25, -0.2) is 13.4 Å². The highest BCUT2D eigenvalue weighted by Crippen LogP contribution is 2.46. The molecule has 4 N–H and O–H groups in total. The van der Waals surface area contributed by atoms with Gasteiger partial charge in [0.2, 0.25) is 5.82 Å². The van der Waals surface area contributed by atoms with Gasteiger partial charge in [0.1, 0.15) is 22.6 Å². The molecule has 0 aromatic carbocycles. The molecule has 6 heterocycles. The first-order valence-corrected chi connectivity index (χ1v) is 15.8. The molecule has 13 nitrogen and oxygen atoms in total. The van der Waals surface area contributed by atoms with Crippen LogP contribution in [0.3, 0.4) is 0 Å². The fraction of sp³-hybridized carbons (Fsp3) is 0.481. The second kappa shape index (κ2) is 9.31. The van der Waals surface area contributed by atoms with Gasteiger partial charge in [-0.2, -0.15) is 9.61 Å². The van der Waals surface area contributed by atoms with Crippen LogP contribution in [0.2, 0.25) is 0 Å². The molecule has 0 radical (unpaired) electrons. The first-order valence-electron chi connectivity index (χ1n) is 13.9. The predicted octanol–water partition coefficient (Wildman–Crippen LogP) is 2.21. The van der Waals surface area contributed by atoms with Crippen molar-refractivity contribution in [1.29, 1.82) is 0 Å². The molecule has 2 saturated heterocycles. The summed E-state index contributed by atoms with van der Waals surface area (Å²) in [6, 6.07) is 3.56. The lowest BCUT2D eigenvalue weighted by molar-refractivity contribution is 0.0399. The van der Waals surface area contributed by atoms with Gasteiger partial charge < -0.3 is 20.7 Å². The molecule has 1 saturated carbocycles. The van der Waals surface area contributed by atoms with Crippen LogP contribution in [0.4, 0.5) is 5.82 Å². The molecule has 0 spiro atoms. The van der Waals surface area contributed by atoms with E-state index >= 15 is 0 Å². The normalized spacial score (nSPS) is 23.9. The van der Waals surface area contributed by atoms with E-state index < -0.39 is 15.4 Å². The van der Waals surface area contributed by atoms with E-state index in [0.29, 0.717) is 48.3 Å². The summed E-state index contributed by atoms with van der Waals surface area (Å²) in [6.45, 7) is 0. The van der Waals surface area contributed by atoms with Crippen molar-refractivity contribution in [3.8, 4) is 11.1 Å². The highest BCUT2D eigenvalue weighted by atomic mass is 32.2. The largest absolute Gasteiger partial charge is 0.384 e. The average molecular weight is 578 g/mol. The van der Waals surface area contributed by atoms with Crippen molar-refractivity contribution < 1.29 is 18.3 Å². The third-order valence-electron chi connectivity index (χ3n) is 8.99. The molecule has 2 aliphatic heterocycles. The summed E-state index contributed by atoms with van der Waals surface area (Å²) in [5, 5.41) is 23.0. The summed E-state index contributed by atoms with van der Waals surface area (Å²) >= 11 is 0. The number of rotatable bonds is 5. The van der Waals surface area contributed by atoms with Crippen LogP contribution in [0.5, 0.6) is 0 Å². The number of piperidine rings is 1. The van der Waals surface area contributed by atoms with Gasteiger partial charge in [0.25, 0.3) is 5.91 Å². The van der Waals surface area contributed by atoms with Gasteiger partial charge in [0, 0.05) is 41.6 Å². The third kappa shape index (κ3) is 4.19. The Morgan fingerprint density at radius 2 is 1.88 bits per heavy atom. The second-order valence-electron chi connectivity index (χ2n) is 11.6. The van der Waals surface area contributed by atoms with E-state index in [0.717, 1.165) is 37.5 Å². The molecule has 3 fully saturated rings. The Bertz CT molecular complexity index is 1730. The number of amides is 1. The molecular weight excluding hydrogens is 546 g/mol. The standard InChI is InChI=1S/C27H31N9O4S/c1-41(39,40)22-21(16-10-17-5-6-18(11-16)35(17)26(37)24-30-14-31-34-24)33-25-19(13-32-36(25)23(22)28)15-4-7-20(29-12-15)27(38)8-2-3-9-27/h4,7,12-14,16-18,38H,2-3,5-6,8-11,28H2,1H3,(H,30,31,34)/t16-,17-,18+. The smallest absolute Gasteiger partial charge is 0.292 e. The molecule has 14 heteroatoms. The van der Waals surface area contributed by atoms with E-state index in [1.807, 2.05) is 17.0 Å². The molecular formula is C27H31N9O4S. The lowest BCUT2D eigenvalue weighted by Crippen LogP contribution is -2.46. The summed E-state index contributed by atoms with van der Waals surface area (Å²) in [5.74, 6) is -0.209. The molecule has 41 heavy (non-hydrogen) atoms. The van der Waals surface area contributed by atoms with E-state index in [2.05, 4.69) is 25.3 Å². The Hall–Kier alpha value is -3.91. The average Bonchev–Trinajstić information content (AvgIpc) is 3.75. The van der Waals surface area contributed by atoms with Crippen molar-refractivity contribution in [3.05, 3.63) is 48.1 Å². The SMILES string of the molecule is CS(=O)(=O)c1c([C@@H]2C[C@H]3CC[C@@H](C2)N3C(=O)c2nnc[nH]2)nc2c(-c3ccc(C4(O)CCCC4)nc3)cnn2c1N. The Morgan fingerprint density at radius 3 is 2.49 bits per heavy atom. The number of nitrogens with zero attached hydrogens (tertiary/aromatic N) is 7. The van der Waals surface area contributed by atoms with E-state index in [1.165, 1.54) is 10.8 Å². The summed E-state index contributed by atoms with van der Waals surface area (Å²) in [7, 11) is -3.75. The predicted molar refractivity (Wildman–Crippen MR) is 147 cm³/mol. The quantitative estimate of drug-likeness (QED) is 0.317. The number of carbonyl (C=O) groups is 1. The maximum Gasteiger partial charge on any atom is 0.292 e. The minimum atomic E-state index is -3.75. The van der Waals surface area contributed by atoms with Crippen molar-refractivity contribution in [2.45, 2.75) is 79.9 Å². The first kappa shape index (κ1) is 26.0. The highest BCUT2D eigenvalue weighted by Gasteiger charge is 2.46. The number of fused-ring (bicyclic) bond motifs is 3. The number of sulfone groups is 1. The summed E-state index contributed by atoms with van der Waals surface area (Å²) in [4.78, 5) is 27.3. The van der Waals surface area contributed by atoms with Crippen LogP contribution in [0, 0.1) is 0 Å². The van der Waals surface area contributed by atoms with Gasteiger partial charge in [-0.1, -0.05) is 18.9 Å². The monoisotopic (exact) mass is 577 g/mol. The fourth-order valence-corrected chi connectivity index (χ4v) is 8.15. The number of nitrogen functional groups attached to an aromatic ring is 1. The number of nitrogens with one attached hydrogen (secondary N) is 1. The van der Waals surface area contributed by atoms with E-state index in [4.69, 9.17) is 10.7 Å². The van der Waals surface area contributed by atoms with Gasteiger partial charge >= 0.3 is 0 Å². The number of carbonyl (C=O) groups excluding carboxylic acids is 1. The summed E-state index contributed by atoms with van der Waals surface area (Å²) < 4.78 is 27.5. The van der Waals surface area contributed by atoms with Gasteiger partial charge in [-0.15, -0.1) is 10.2 Å². The zero-order chi connectivity index (χ0) is 28.5. The lowest BCUT2D eigenvalue weighted by Gasteiger charge is -2.38. The van der Waals surface area contributed by atoms with Crippen molar-refractivity contribution in [1.82, 2.24) is 39.7 Å². The minimum absolute atomic E-state index is 0.0103. The Morgan fingerprint density at radius 1 is 1.15 bits per heavy atom. The van der Waals surface area contributed by atoms with Crippen molar-refractivity contribution in [2.75, 3.05) is 12.0 Å². The minimum Gasteiger partial charge on any atom is -0.384 e. The number of anilines is 1. The number of nitrogens with two attached hydrogens (primary N) is 1. The maximum absolute atomic E-state index is 13.1. The molecule has 1 aliphatic carbocycles. The lowest BCUT2D eigenvalue weighted by atomic mass is 9.87. The Kier molecular flexibility index (Phi) is 5.91. The highest BCUT2D eigenvalue weighted by molar-refractivity contribution is 7.91. The first-order chi connectivity index (χ1) is 19.6. The van der Waals surface area contributed by atoms with Gasteiger partial charge in [0.05, 0.1) is 17.6 Å². The van der Waals surface area contributed by atoms with Gasteiger partial charge in [-0.05, 0) is 44.6 Å². The van der Waals surface area contributed by atoms with E-state index in [-0.39, 0.29) is 40.4 Å². The zero-order valence-corrected chi connectivity index (χ0v) is 23.4. The number of hydrogen-bond donors (Lipinski definition) is 3. The molecule has 2 bridgehead atoms. The number of aromatic nitrogens is 7. The number of H-pyrrole nitrogens is 1. The molecule has 3 atom stereocenters. The second-order valence-corrected chi connectivity index (χ2v) is 13.5. The summed E-state index contributed by atoms with van der Waals surface area (Å²) in [5.41, 5.74) is 8.49. The number of pyridine rings is 1. The molecule has 3 aliphatic rings. The zero-order valence-electron chi connectivity index (χ0n) is 22.6. The van der Waals surface area contributed by atoms with Crippen LogP contribution < -0.4 is 5.73 Å². The van der Waals surface area contributed by atoms with Crippen LogP contribution >= 0.6 is 0 Å². The van der Waals surface area contributed by atoms with E-state index in [9.17, 15) is 18.3 Å². The van der Waals surface area contributed by atoms with Crippen molar-refractivity contribution in [3.63, 3.8) is 0 Å². The van der Waals surface area contributed by atoms with E-state index in [1.54, 1.807) is 12.4 Å². The van der Waals surface area contributed by atoms with Crippen LogP contribution in [-0.2, 0) is 15.4 Å². The molecule has 4 aromatic heterocycles. The van der Waals surface area contributed by atoms with Gasteiger partial charge in [0.15, 0.2) is 15.5 Å². The molecule has 0 unspecified atom stereocenters. The van der Waals surface area contributed by atoms with Crippen molar-refractivity contribution >= 4 is 27.2 Å². The molecule has 214 valence electrons.